The van der Waals surface area contributed by atoms with E-state index in [0.717, 1.165) is 31.5 Å². The van der Waals surface area contributed by atoms with Gasteiger partial charge in [0.1, 0.15) is 5.82 Å². The lowest BCUT2D eigenvalue weighted by Crippen LogP contribution is -2.35. The number of likely N-dealkylation sites (tertiary alicyclic amines) is 1. The molecule has 0 spiro atoms. The van der Waals surface area contributed by atoms with Crippen LogP contribution in [0.5, 0.6) is 0 Å². The fraction of sp³-hybridized carbons (Fsp3) is 0.471. The Labute approximate surface area is 125 Å². The third-order valence-corrected chi connectivity index (χ3v) is 4.60. The van der Waals surface area contributed by atoms with Gasteiger partial charge < -0.3 is 0 Å². The molecule has 0 radical (unpaired) electrons. The molecule has 0 aliphatic carbocycles. The molecule has 0 amide bonds. The number of nitrogens with zero attached hydrogens (tertiary/aromatic N) is 3. The van der Waals surface area contributed by atoms with E-state index in [2.05, 4.69) is 23.1 Å². The highest BCUT2D eigenvalue weighted by Gasteiger charge is 2.25. The molecule has 1 aliphatic rings. The molecule has 4 heteroatoms. The molecule has 1 aromatic heterocycles. The standard InChI is InChI=1S/C17H22FN3/c1-13(15-4-3-5-17(18)10-15)21-8-6-14(7-9-21)16-11-19-20(2)12-16/h3-5,10-14H,6-9H2,1-2H3/t13-/m0/s1. The zero-order chi connectivity index (χ0) is 14.8. The van der Waals surface area contributed by atoms with Crippen LogP contribution < -0.4 is 0 Å². The highest BCUT2D eigenvalue weighted by atomic mass is 19.1. The first-order valence-electron chi connectivity index (χ1n) is 7.61. The minimum absolute atomic E-state index is 0.149. The number of aryl methyl sites for hydroxylation is 1. The molecule has 21 heavy (non-hydrogen) atoms. The van der Waals surface area contributed by atoms with Gasteiger partial charge in [-0.25, -0.2) is 4.39 Å². The number of aromatic nitrogens is 2. The molecule has 0 saturated carbocycles. The smallest absolute Gasteiger partial charge is 0.123 e. The van der Waals surface area contributed by atoms with Crippen LogP contribution in [0.2, 0.25) is 0 Å². The monoisotopic (exact) mass is 287 g/mol. The summed E-state index contributed by atoms with van der Waals surface area (Å²) in [5, 5.41) is 4.26. The predicted octanol–water partition coefficient (Wildman–Crippen LogP) is 3.50. The first-order chi connectivity index (χ1) is 10.1. The molecule has 0 N–H and O–H groups in total. The van der Waals surface area contributed by atoms with Gasteiger partial charge in [0.25, 0.3) is 0 Å². The van der Waals surface area contributed by atoms with Gasteiger partial charge in [0.15, 0.2) is 0 Å². The first-order valence-corrected chi connectivity index (χ1v) is 7.61. The van der Waals surface area contributed by atoms with Crippen LogP contribution in [0.15, 0.2) is 36.7 Å². The van der Waals surface area contributed by atoms with Crippen LogP contribution in [0, 0.1) is 5.82 Å². The van der Waals surface area contributed by atoms with Crippen molar-refractivity contribution in [1.29, 1.82) is 0 Å². The summed E-state index contributed by atoms with van der Waals surface area (Å²) in [4.78, 5) is 2.45. The minimum Gasteiger partial charge on any atom is -0.297 e. The van der Waals surface area contributed by atoms with Gasteiger partial charge in [0.05, 0.1) is 6.20 Å². The quantitative estimate of drug-likeness (QED) is 0.861. The van der Waals surface area contributed by atoms with Crippen molar-refractivity contribution in [2.45, 2.75) is 31.7 Å². The molecule has 1 atom stereocenters. The largest absolute Gasteiger partial charge is 0.297 e. The Hall–Kier alpha value is -1.68. The van der Waals surface area contributed by atoms with E-state index in [1.54, 1.807) is 12.1 Å². The second-order valence-corrected chi connectivity index (χ2v) is 5.99. The Balaban J connectivity index is 1.63. The molecule has 0 unspecified atom stereocenters. The lowest BCUT2D eigenvalue weighted by Gasteiger charge is -2.36. The van der Waals surface area contributed by atoms with Crippen molar-refractivity contribution in [3.8, 4) is 0 Å². The zero-order valence-corrected chi connectivity index (χ0v) is 12.7. The van der Waals surface area contributed by atoms with Gasteiger partial charge in [-0.05, 0) is 62.0 Å². The average Bonchev–Trinajstić information content (AvgIpc) is 2.93. The van der Waals surface area contributed by atoms with Gasteiger partial charge in [0.2, 0.25) is 0 Å². The molecular formula is C17H22FN3. The van der Waals surface area contributed by atoms with Crippen molar-refractivity contribution < 1.29 is 4.39 Å². The Morgan fingerprint density at radius 1 is 1.29 bits per heavy atom. The summed E-state index contributed by atoms with van der Waals surface area (Å²) in [6, 6.07) is 7.24. The Kier molecular flexibility index (Phi) is 4.06. The maximum absolute atomic E-state index is 13.4. The van der Waals surface area contributed by atoms with Gasteiger partial charge in [-0.1, -0.05) is 12.1 Å². The van der Waals surface area contributed by atoms with Gasteiger partial charge in [-0.3, -0.25) is 9.58 Å². The maximum Gasteiger partial charge on any atom is 0.123 e. The summed E-state index contributed by atoms with van der Waals surface area (Å²) < 4.78 is 15.2. The number of hydrogen-bond acceptors (Lipinski definition) is 2. The van der Waals surface area contributed by atoms with E-state index < -0.39 is 0 Å². The van der Waals surface area contributed by atoms with Crippen LogP contribution in [0.3, 0.4) is 0 Å². The van der Waals surface area contributed by atoms with Crippen molar-refractivity contribution in [2.24, 2.45) is 7.05 Å². The van der Waals surface area contributed by atoms with Crippen molar-refractivity contribution in [3.05, 3.63) is 53.6 Å². The molecule has 2 aromatic rings. The predicted molar refractivity (Wildman–Crippen MR) is 81.6 cm³/mol. The van der Waals surface area contributed by atoms with Gasteiger partial charge >= 0.3 is 0 Å². The highest BCUT2D eigenvalue weighted by molar-refractivity contribution is 5.20. The molecule has 1 saturated heterocycles. The van der Waals surface area contributed by atoms with Crippen LogP contribution in [-0.4, -0.2) is 27.8 Å². The normalized spacial score (nSPS) is 18.8. The number of rotatable bonds is 3. The lowest BCUT2D eigenvalue weighted by molar-refractivity contribution is 0.162. The van der Waals surface area contributed by atoms with Crippen LogP contribution in [0.25, 0.3) is 0 Å². The van der Waals surface area contributed by atoms with E-state index in [-0.39, 0.29) is 11.9 Å². The van der Waals surface area contributed by atoms with Crippen LogP contribution in [0.1, 0.15) is 42.9 Å². The second kappa shape index (κ2) is 5.98. The van der Waals surface area contributed by atoms with Gasteiger partial charge in [0, 0.05) is 19.3 Å². The molecule has 1 aliphatic heterocycles. The van der Waals surface area contributed by atoms with Crippen molar-refractivity contribution >= 4 is 0 Å². The number of benzene rings is 1. The lowest BCUT2D eigenvalue weighted by atomic mass is 9.90. The summed E-state index contributed by atoms with van der Waals surface area (Å²) >= 11 is 0. The summed E-state index contributed by atoms with van der Waals surface area (Å²) in [5.41, 5.74) is 2.41. The maximum atomic E-state index is 13.4. The van der Waals surface area contributed by atoms with Crippen molar-refractivity contribution in [1.82, 2.24) is 14.7 Å². The molecule has 0 bridgehead atoms. The second-order valence-electron chi connectivity index (χ2n) is 5.99. The summed E-state index contributed by atoms with van der Waals surface area (Å²) in [7, 11) is 1.96. The topological polar surface area (TPSA) is 21.1 Å². The fourth-order valence-corrected chi connectivity index (χ4v) is 3.25. The fourth-order valence-electron chi connectivity index (χ4n) is 3.25. The van der Waals surface area contributed by atoms with Crippen LogP contribution >= 0.6 is 0 Å². The summed E-state index contributed by atoms with van der Waals surface area (Å²) in [5.74, 6) is 0.458. The molecule has 2 heterocycles. The third-order valence-electron chi connectivity index (χ3n) is 4.60. The van der Waals surface area contributed by atoms with Gasteiger partial charge in [-0.15, -0.1) is 0 Å². The molecule has 3 nitrogen and oxygen atoms in total. The zero-order valence-electron chi connectivity index (χ0n) is 12.7. The summed E-state index contributed by atoms with van der Waals surface area (Å²) in [6.45, 7) is 4.27. The molecule has 1 fully saturated rings. The van der Waals surface area contributed by atoms with Crippen molar-refractivity contribution in [3.63, 3.8) is 0 Å². The minimum atomic E-state index is -0.149. The van der Waals surface area contributed by atoms with E-state index >= 15 is 0 Å². The average molecular weight is 287 g/mol. The molecule has 3 rings (SSSR count). The Morgan fingerprint density at radius 2 is 2.05 bits per heavy atom. The SMILES string of the molecule is C[C@@H](c1cccc(F)c1)N1CCC(c2cnn(C)c2)CC1. The Morgan fingerprint density at radius 3 is 2.67 bits per heavy atom. The van der Waals surface area contributed by atoms with E-state index in [1.807, 2.05) is 24.0 Å². The highest BCUT2D eigenvalue weighted by Crippen LogP contribution is 2.31. The van der Waals surface area contributed by atoms with E-state index in [1.165, 1.54) is 11.6 Å². The van der Waals surface area contributed by atoms with Crippen molar-refractivity contribution in [2.75, 3.05) is 13.1 Å². The molecule has 1 aromatic carbocycles. The number of piperidine rings is 1. The first kappa shape index (κ1) is 14.3. The van der Waals surface area contributed by atoms with E-state index in [4.69, 9.17) is 0 Å². The molecule has 112 valence electrons. The van der Waals surface area contributed by atoms with Crippen LogP contribution in [0.4, 0.5) is 4.39 Å². The van der Waals surface area contributed by atoms with Crippen LogP contribution in [-0.2, 0) is 7.05 Å². The third kappa shape index (κ3) is 3.16. The number of hydrogen-bond donors (Lipinski definition) is 0. The summed E-state index contributed by atoms with van der Waals surface area (Å²) in [6.07, 6.45) is 6.39. The Bertz CT molecular complexity index is 600. The van der Waals surface area contributed by atoms with E-state index in [9.17, 15) is 4.39 Å². The number of halogens is 1. The van der Waals surface area contributed by atoms with Gasteiger partial charge in [-0.2, -0.15) is 5.10 Å². The molecular weight excluding hydrogens is 265 g/mol. The van der Waals surface area contributed by atoms with E-state index in [0.29, 0.717) is 5.92 Å².